The molecule has 0 aliphatic rings. The summed E-state index contributed by atoms with van der Waals surface area (Å²) in [6, 6.07) is 0. The molecule has 0 N–H and O–H groups in total. The molecule has 0 aromatic carbocycles. The zero-order valence-corrected chi connectivity index (χ0v) is 5.58. The summed E-state index contributed by atoms with van der Waals surface area (Å²) in [5.41, 5.74) is 0. The van der Waals surface area contributed by atoms with E-state index in [-0.39, 0.29) is 0 Å². The molecule has 1 nitrogen and oxygen atoms in total. The molecule has 40 valence electrons. The Morgan fingerprint density at radius 3 is 1.00 bits per heavy atom. The lowest BCUT2D eigenvalue weighted by Crippen LogP contribution is -1.99. The normalized spacial score (nSPS) is 7.00. The lowest BCUT2D eigenvalue weighted by molar-refractivity contribution is 0.505. The van der Waals surface area contributed by atoms with Gasteiger partial charge in [0, 0.05) is 6.38 Å². The zero-order valence-electron chi connectivity index (χ0n) is 4.83. The minimum absolute atomic E-state index is 1.47. The number of halogens is 1. The van der Waals surface area contributed by atoms with Crippen LogP contribution in [0.3, 0.4) is 0 Å². The molecular weight excluding hydrogens is 97.5 g/mol. The quantitative estimate of drug-likeness (QED) is 0.420. The highest BCUT2D eigenvalue weighted by atomic mass is 35.5. The van der Waals surface area contributed by atoms with Crippen LogP contribution in [-0.4, -0.2) is 32.4 Å². The first-order valence-electron chi connectivity index (χ1n) is 1.72. The van der Waals surface area contributed by atoms with Crippen molar-refractivity contribution < 1.29 is 0 Å². The smallest absolute Gasteiger partial charge is 0.0108 e. The van der Waals surface area contributed by atoms with Gasteiger partial charge < -0.3 is 4.90 Å². The van der Waals surface area contributed by atoms with Gasteiger partial charge in [0.05, 0.1) is 0 Å². The van der Waals surface area contributed by atoms with E-state index in [0.29, 0.717) is 0 Å². The highest BCUT2D eigenvalue weighted by Crippen LogP contribution is 1.47. The van der Waals surface area contributed by atoms with E-state index in [9.17, 15) is 0 Å². The summed E-state index contributed by atoms with van der Waals surface area (Å²) < 4.78 is 0. The summed E-state index contributed by atoms with van der Waals surface area (Å²) >= 11 is 4.64. The van der Waals surface area contributed by atoms with E-state index in [4.69, 9.17) is 0 Å². The minimum atomic E-state index is 1.47. The van der Waals surface area contributed by atoms with Crippen molar-refractivity contribution in [3.05, 3.63) is 0 Å². The molecule has 0 saturated heterocycles. The van der Waals surface area contributed by atoms with Crippen molar-refractivity contribution in [1.82, 2.24) is 4.90 Å². The standard InChI is InChI=1S/C3H9N.CH3Cl/c1-4(2)3;1-2/h1-3H3;1H3. The maximum Gasteiger partial charge on any atom is 0.0108 e. The summed E-state index contributed by atoms with van der Waals surface area (Å²) in [5.74, 6) is 0. The second kappa shape index (κ2) is 8.98. The third-order valence-corrected chi connectivity index (χ3v) is 0. The number of alkyl halides is 1. The lowest BCUT2D eigenvalue weighted by atomic mass is 11.0. The Bertz CT molecular complexity index is 12.3. The minimum Gasteiger partial charge on any atom is -0.312 e. The van der Waals surface area contributed by atoms with Gasteiger partial charge in [-0.25, -0.2) is 0 Å². The molecule has 0 amide bonds. The molecule has 0 fully saturated rings. The Labute approximate surface area is 44.9 Å². The molecule has 0 aliphatic carbocycles. The van der Waals surface area contributed by atoms with Crippen LogP contribution in [0, 0.1) is 0 Å². The maximum absolute atomic E-state index is 4.64. The Balaban J connectivity index is 0. The molecule has 6 heavy (non-hydrogen) atoms. The average Bonchev–Trinajstić information content (AvgIpc) is 1.41. The van der Waals surface area contributed by atoms with E-state index in [1.165, 1.54) is 6.38 Å². The largest absolute Gasteiger partial charge is 0.312 e. The maximum atomic E-state index is 4.64. The Morgan fingerprint density at radius 2 is 1.00 bits per heavy atom. The van der Waals surface area contributed by atoms with E-state index in [1.807, 2.05) is 26.0 Å². The van der Waals surface area contributed by atoms with E-state index >= 15 is 0 Å². The monoisotopic (exact) mass is 109 g/mol. The highest BCUT2D eigenvalue weighted by Gasteiger charge is 1.58. The molecule has 0 aliphatic heterocycles. The van der Waals surface area contributed by atoms with Crippen LogP contribution in [0.5, 0.6) is 0 Å². The lowest BCUT2D eigenvalue weighted by Gasteiger charge is -1.90. The molecule has 0 bridgehead atoms. The van der Waals surface area contributed by atoms with Gasteiger partial charge in [0.15, 0.2) is 0 Å². The van der Waals surface area contributed by atoms with Gasteiger partial charge in [0.25, 0.3) is 0 Å². The fraction of sp³-hybridized carbons (Fsp3) is 1.00. The van der Waals surface area contributed by atoms with E-state index in [0.717, 1.165) is 0 Å². The summed E-state index contributed by atoms with van der Waals surface area (Å²) in [4.78, 5) is 2.00. The number of nitrogens with zero attached hydrogens (tertiary/aromatic N) is 1. The van der Waals surface area contributed by atoms with Crippen molar-refractivity contribution in [3.63, 3.8) is 0 Å². The molecule has 0 aromatic rings. The number of hydrogen-bond acceptors (Lipinski definition) is 1. The van der Waals surface area contributed by atoms with Gasteiger partial charge in [0.2, 0.25) is 0 Å². The van der Waals surface area contributed by atoms with Crippen molar-refractivity contribution in [3.8, 4) is 0 Å². The first kappa shape index (κ1) is 9.54. The van der Waals surface area contributed by atoms with Crippen molar-refractivity contribution in [2.45, 2.75) is 0 Å². The van der Waals surface area contributed by atoms with Crippen LogP contribution in [0.1, 0.15) is 0 Å². The predicted octanol–water partition coefficient (Wildman–Crippen LogP) is 1.03. The molecule has 0 radical (unpaired) electrons. The van der Waals surface area contributed by atoms with Crippen LogP contribution in [0.2, 0.25) is 0 Å². The third kappa shape index (κ3) is 718. The average molecular weight is 110 g/mol. The fourth-order valence-corrected chi connectivity index (χ4v) is 0. The first-order chi connectivity index (χ1) is 2.73. The predicted molar refractivity (Wildman–Crippen MR) is 31.4 cm³/mol. The second-order valence-electron chi connectivity index (χ2n) is 1.34. The second-order valence-corrected chi connectivity index (χ2v) is 1.34. The van der Waals surface area contributed by atoms with Gasteiger partial charge in [-0.1, -0.05) is 0 Å². The van der Waals surface area contributed by atoms with Crippen LogP contribution in [0.4, 0.5) is 0 Å². The molecule has 0 heterocycles. The SMILES string of the molecule is CCl.CN(C)C. The fourth-order valence-electron chi connectivity index (χ4n) is 0. The summed E-state index contributed by atoms with van der Waals surface area (Å²) in [6.45, 7) is 0. The van der Waals surface area contributed by atoms with E-state index < -0.39 is 0 Å². The van der Waals surface area contributed by atoms with Crippen LogP contribution in [0.25, 0.3) is 0 Å². The Morgan fingerprint density at radius 1 is 1.00 bits per heavy atom. The van der Waals surface area contributed by atoms with Gasteiger partial charge in [-0.15, -0.1) is 11.6 Å². The van der Waals surface area contributed by atoms with E-state index in [1.54, 1.807) is 0 Å². The molecule has 0 atom stereocenters. The van der Waals surface area contributed by atoms with Crippen LogP contribution in [0.15, 0.2) is 0 Å². The number of hydrogen-bond donors (Lipinski definition) is 0. The third-order valence-electron chi connectivity index (χ3n) is 0. The van der Waals surface area contributed by atoms with E-state index in [2.05, 4.69) is 11.6 Å². The van der Waals surface area contributed by atoms with Crippen molar-refractivity contribution in [2.75, 3.05) is 27.5 Å². The Hall–Kier alpha value is 0.250. The van der Waals surface area contributed by atoms with Gasteiger partial charge in [-0.2, -0.15) is 0 Å². The van der Waals surface area contributed by atoms with Crippen LogP contribution >= 0.6 is 11.6 Å². The molecule has 0 unspecified atom stereocenters. The van der Waals surface area contributed by atoms with Crippen molar-refractivity contribution in [2.24, 2.45) is 0 Å². The van der Waals surface area contributed by atoms with Gasteiger partial charge in [-0.05, 0) is 21.1 Å². The van der Waals surface area contributed by atoms with Crippen molar-refractivity contribution in [1.29, 1.82) is 0 Å². The molecule has 0 saturated carbocycles. The Kier molecular flexibility index (Phi) is 14.3. The molecule has 2 heteroatoms. The highest BCUT2D eigenvalue weighted by molar-refractivity contribution is 6.15. The first-order valence-corrected chi connectivity index (χ1v) is 2.48. The molecule has 0 rings (SSSR count). The molecule has 0 aromatic heterocycles. The van der Waals surface area contributed by atoms with Crippen LogP contribution in [-0.2, 0) is 0 Å². The summed E-state index contributed by atoms with van der Waals surface area (Å²) in [6.07, 6.45) is 1.47. The van der Waals surface area contributed by atoms with Gasteiger partial charge in [-0.3, -0.25) is 0 Å². The summed E-state index contributed by atoms with van der Waals surface area (Å²) in [7, 11) is 6.00. The topological polar surface area (TPSA) is 3.24 Å². The van der Waals surface area contributed by atoms with Gasteiger partial charge >= 0.3 is 0 Å². The van der Waals surface area contributed by atoms with Crippen molar-refractivity contribution >= 4 is 11.6 Å². The summed E-state index contributed by atoms with van der Waals surface area (Å²) in [5, 5.41) is 0. The molecular formula is C4H12ClN. The number of rotatable bonds is 0. The van der Waals surface area contributed by atoms with Crippen LogP contribution < -0.4 is 0 Å². The zero-order chi connectivity index (χ0) is 5.58. The van der Waals surface area contributed by atoms with Gasteiger partial charge in [0.1, 0.15) is 0 Å². The molecule has 0 spiro atoms.